The van der Waals surface area contributed by atoms with Crippen molar-refractivity contribution in [3.8, 4) is 0 Å². The Morgan fingerprint density at radius 3 is 3.09 bits per heavy atom. The van der Waals surface area contributed by atoms with Crippen LogP contribution in [-0.4, -0.2) is 6.21 Å². The predicted octanol–water partition coefficient (Wildman–Crippen LogP) is 2.43. The van der Waals surface area contributed by atoms with E-state index in [9.17, 15) is 0 Å². The quantitative estimate of drug-likeness (QED) is 0.526. The van der Waals surface area contributed by atoms with E-state index in [1.807, 2.05) is 12.3 Å². The van der Waals surface area contributed by atoms with E-state index in [4.69, 9.17) is 0 Å². The molecule has 0 amide bonds. The number of aliphatic imine (C=N–C) groups is 1. The maximum atomic E-state index is 4.32. The van der Waals surface area contributed by atoms with Crippen molar-refractivity contribution < 1.29 is 0 Å². The molecule has 0 radical (unpaired) electrons. The largest absolute Gasteiger partial charge is 0.256 e. The monoisotopic (exact) mass is 141 g/mol. The molecule has 0 aromatic heterocycles. The van der Waals surface area contributed by atoms with Crippen molar-refractivity contribution in [2.75, 3.05) is 0 Å². The number of hydrogen-bond donors (Lipinski definition) is 0. The molecule has 1 heteroatoms. The molecule has 0 fully saturated rings. The summed E-state index contributed by atoms with van der Waals surface area (Å²) in [5.41, 5.74) is 3.88. The lowest BCUT2D eigenvalue weighted by atomic mass is 10.0. The number of rotatable bonds is 0. The van der Waals surface area contributed by atoms with Crippen LogP contribution in [0.2, 0.25) is 0 Å². The van der Waals surface area contributed by atoms with Crippen LogP contribution < -0.4 is 0 Å². The molecule has 1 aliphatic carbocycles. The summed E-state index contributed by atoms with van der Waals surface area (Å²) in [5, 5.41) is 0. The van der Waals surface area contributed by atoms with Gasteiger partial charge in [-0.25, -0.2) is 0 Å². The Kier molecular flexibility index (Phi) is 0.779. The summed E-state index contributed by atoms with van der Waals surface area (Å²) in [5.74, 6) is 0.601. The van der Waals surface area contributed by atoms with Crippen LogP contribution in [0.3, 0.4) is 0 Å². The van der Waals surface area contributed by atoms with Gasteiger partial charge in [-0.3, -0.25) is 4.99 Å². The number of benzene rings is 1. The Labute approximate surface area is 65.1 Å². The summed E-state index contributed by atoms with van der Waals surface area (Å²) in [7, 11) is 0. The second kappa shape index (κ2) is 1.62. The molecule has 0 N–H and O–H groups in total. The first-order valence-electron chi connectivity index (χ1n) is 3.80. The van der Waals surface area contributed by atoms with Crippen LogP contribution in [0.5, 0.6) is 0 Å². The Morgan fingerprint density at radius 2 is 2.09 bits per heavy atom. The molecule has 1 unspecified atom stereocenters. The Balaban J connectivity index is 2.26. The fraction of sp³-hybridized carbons (Fsp3) is 0.100. The summed E-state index contributed by atoms with van der Waals surface area (Å²) in [6.45, 7) is 0. The van der Waals surface area contributed by atoms with Crippen molar-refractivity contribution >= 4 is 11.9 Å². The molecule has 11 heavy (non-hydrogen) atoms. The van der Waals surface area contributed by atoms with Crippen LogP contribution in [0, 0.1) is 0 Å². The highest BCUT2D eigenvalue weighted by molar-refractivity contribution is 5.93. The minimum absolute atomic E-state index is 0.601. The molecule has 0 bridgehead atoms. The van der Waals surface area contributed by atoms with Crippen LogP contribution in [-0.2, 0) is 0 Å². The van der Waals surface area contributed by atoms with Crippen LogP contribution in [0.1, 0.15) is 11.5 Å². The third-order valence-corrected chi connectivity index (χ3v) is 2.23. The maximum Gasteiger partial charge on any atom is 0.0671 e. The van der Waals surface area contributed by atoms with Gasteiger partial charge in [0.05, 0.1) is 5.69 Å². The molecule has 0 saturated heterocycles. The summed E-state index contributed by atoms with van der Waals surface area (Å²) in [6.07, 6.45) is 4.21. The van der Waals surface area contributed by atoms with Gasteiger partial charge in [-0.1, -0.05) is 24.3 Å². The molecule has 3 rings (SSSR count). The predicted molar refractivity (Wildman–Crippen MR) is 45.4 cm³/mol. The lowest BCUT2D eigenvalue weighted by Crippen LogP contribution is -1.89. The van der Waals surface area contributed by atoms with Gasteiger partial charge in [0, 0.05) is 12.1 Å². The molecule has 1 aromatic carbocycles. The second-order valence-electron chi connectivity index (χ2n) is 2.96. The zero-order valence-electron chi connectivity index (χ0n) is 5.99. The van der Waals surface area contributed by atoms with Gasteiger partial charge in [0.25, 0.3) is 0 Å². The van der Waals surface area contributed by atoms with Gasteiger partial charge in [0.1, 0.15) is 0 Å². The fourth-order valence-electron chi connectivity index (χ4n) is 1.55. The molecule has 0 saturated carbocycles. The van der Waals surface area contributed by atoms with Crippen LogP contribution in [0.25, 0.3) is 0 Å². The van der Waals surface area contributed by atoms with E-state index < -0.39 is 0 Å². The Morgan fingerprint density at radius 1 is 1.18 bits per heavy atom. The zero-order valence-corrected chi connectivity index (χ0v) is 5.99. The molecule has 2 aliphatic rings. The minimum atomic E-state index is 0.601. The average Bonchev–Trinajstić information content (AvgIpc) is 2.83. The van der Waals surface area contributed by atoms with Gasteiger partial charge in [0.15, 0.2) is 0 Å². The number of fused-ring (bicyclic) bond motifs is 3. The van der Waals surface area contributed by atoms with Crippen molar-refractivity contribution in [1.82, 2.24) is 0 Å². The van der Waals surface area contributed by atoms with Gasteiger partial charge in [-0.05, 0) is 17.2 Å². The maximum absolute atomic E-state index is 4.32. The van der Waals surface area contributed by atoms with E-state index in [1.165, 1.54) is 11.1 Å². The SMILES string of the molecule is C1=Nc2ccccc2C2C=C12. The number of nitrogens with zero attached hydrogens (tertiary/aromatic N) is 1. The molecule has 1 atom stereocenters. The summed E-state index contributed by atoms with van der Waals surface area (Å²) >= 11 is 0. The normalized spacial score (nSPS) is 23.6. The first-order chi connectivity index (χ1) is 5.45. The highest BCUT2D eigenvalue weighted by Crippen LogP contribution is 2.45. The Hall–Kier alpha value is -1.37. The van der Waals surface area contributed by atoms with Gasteiger partial charge in [-0.15, -0.1) is 0 Å². The molecule has 1 aromatic rings. The first kappa shape index (κ1) is 5.30. The molecule has 1 aliphatic heterocycles. The third-order valence-electron chi connectivity index (χ3n) is 2.23. The summed E-state index contributed by atoms with van der Waals surface area (Å²) in [6, 6.07) is 8.32. The molecule has 1 heterocycles. The van der Waals surface area contributed by atoms with Crippen molar-refractivity contribution in [3.63, 3.8) is 0 Å². The van der Waals surface area contributed by atoms with Gasteiger partial charge in [-0.2, -0.15) is 0 Å². The number of allylic oxidation sites excluding steroid dienone is 2. The lowest BCUT2D eigenvalue weighted by molar-refractivity contribution is 1.18. The van der Waals surface area contributed by atoms with Crippen LogP contribution >= 0.6 is 0 Å². The minimum Gasteiger partial charge on any atom is -0.256 e. The molecular formula is C10H7N. The molecular weight excluding hydrogens is 134 g/mol. The molecule has 52 valence electrons. The second-order valence-corrected chi connectivity index (χ2v) is 2.96. The van der Waals surface area contributed by atoms with E-state index in [-0.39, 0.29) is 0 Å². The number of para-hydroxylation sites is 1. The fourth-order valence-corrected chi connectivity index (χ4v) is 1.55. The van der Waals surface area contributed by atoms with Gasteiger partial charge >= 0.3 is 0 Å². The summed E-state index contributed by atoms with van der Waals surface area (Å²) in [4.78, 5) is 4.32. The van der Waals surface area contributed by atoms with Crippen molar-refractivity contribution in [2.24, 2.45) is 4.99 Å². The third kappa shape index (κ3) is 0.625. The van der Waals surface area contributed by atoms with Crippen molar-refractivity contribution in [1.29, 1.82) is 0 Å². The van der Waals surface area contributed by atoms with Gasteiger partial charge < -0.3 is 0 Å². The number of hydrogen-bond acceptors (Lipinski definition) is 1. The lowest BCUT2D eigenvalue weighted by Gasteiger charge is -2.07. The zero-order chi connectivity index (χ0) is 7.26. The highest BCUT2D eigenvalue weighted by Gasteiger charge is 2.29. The van der Waals surface area contributed by atoms with E-state index >= 15 is 0 Å². The van der Waals surface area contributed by atoms with E-state index in [1.54, 1.807) is 0 Å². The highest BCUT2D eigenvalue weighted by atomic mass is 14.8. The van der Waals surface area contributed by atoms with Crippen molar-refractivity contribution in [3.05, 3.63) is 41.5 Å². The van der Waals surface area contributed by atoms with Crippen molar-refractivity contribution in [2.45, 2.75) is 5.92 Å². The summed E-state index contributed by atoms with van der Waals surface area (Å²) < 4.78 is 0. The first-order valence-corrected chi connectivity index (χ1v) is 3.80. The molecule has 0 spiro atoms. The topological polar surface area (TPSA) is 12.4 Å². The van der Waals surface area contributed by atoms with Crippen LogP contribution in [0.15, 0.2) is 40.9 Å². The standard InChI is InChI=1S/C10H7N/c1-2-4-10-8(3-1)9-5-7(9)6-11-10/h1-6,9H. The average molecular weight is 141 g/mol. The van der Waals surface area contributed by atoms with Crippen LogP contribution in [0.4, 0.5) is 5.69 Å². The molecule has 1 nitrogen and oxygen atoms in total. The van der Waals surface area contributed by atoms with Gasteiger partial charge in [0.2, 0.25) is 0 Å². The van der Waals surface area contributed by atoms with E-state index in [0.717, 1.165) is 5.69 Å². The Bertz CT molecular complexity index is 374. The smallest absolute Gasteiger partial charge is 0.0671 e. The van der Waals surface area contributed by atoms with E-state index in [0.29, 0.717) is 5.92 Å². The van der Waals surface area contributed by atoms with E-state index in [2.05, 4.69) is 29.3 Å².